The highest BCUT2D eigenvalue weighted by atomic mass is 79.9. The number of aromatic nitrogens is 1. The third kappa shape index (κ3) is 4.16. The van der Waals surface area contributed by atoms with Crippen molar-refractivity contribution in [3.8, 4) is 5.75 Å². The van der Waals surface area contributed by atoms with Crippen LogP contribution in [0.4, 0.5) is 14.5 Å². The Labute approximate surface area is 124 Å². The van der Waals surface area contributed by atoms with Crippen LogP contribution in [0.25, 0.3) is 0 Å². The predicted molar refractivity (Wildman–Crippen MR) is 77.1 cm³/mol. The number of alkyl halides is 2. The number of anilines is 1. The lowest BCUT2D eigenvalue weighted by atomic mass is 10.2. The zero-order chi connectivity index (χ0) is 14.5. The van der Waals surface area contributed by atoms with E-state index >= 15 is 0 Å². The maximum absolute atomic E-state index is 12.3. The monoisotopic (exact) mass is 342 g/mol. The van der Waals surface area contributed by atoms with Crippen molar-refractivity contribution in [3.05, 3.63) is 52.3 Å². The minimum atomic E-state index is -2.84. The minimum Gasteiger partial charge on any atom is -0.434 e. The molecule has 0 spiro atoms. The summed E-state index contributed by atoms with van der Waals surface area (Å²) in [6.07, 6.45) is 1.70. The second kappa shape index (κ2) is 6.65. The van der Waals surface area contributed by atoms with Gasteiger partial charge in [-0.1, -0.05) is 15.9 Å². The number of halogens is 3. The summed E-state index contributed by atoms with van der Waals surface area (Å²) in [5, 5.41) is 3.12. The Hall–Kier alpha value is -1.69. The van der Waals surface area contributed by atoms with Crippen LogP contribution in [-0.2, 0) is 6.54 Å². The Morgan fingerprint density at radius 3 is 2.75 bits per heavy atom. The van der Waals surface area contributed by atoms with Gasteiger partial charge in [0.15, 0.2) is 0 Å². The molecule has 0 unspecified atom stereocenters. The molecule has 20 heavy (non-hydrogen) atoms. The summed E-state index contributed by atoms with van der Waals surface area (Å²) < 4.78 is 30.0. The Kier molecular flexibility index (Phi) is 4.89. The van der Waals surface area contributed by atoms with Gasteiger partial charge in [-0.05, 0) is 37.3 Å². The molecule has 2 aromatic rings. The van der Waals surface area contributed by atoms with Gasteiger partial charge in [0.1, 0.15) is 5.75 Å². The molecule has 0 saturated heterocycles. The van der Waals surface area contributed by atoms with Crippen molar-refractivity contribution in [1.29, 1.82) is 0 Å². The van der Waals surface area contributed by atoms with E-state index in [0.29, 0.717) is 12.1 Å². The molecule has 0 fully saturated rings. The Morgan fingerprint density at radius 2 is 2.10 bits per heavy atom. The zero-order valence-electron chi connectivity index (χ0n) is 10.7. The fourth-order valence-corrected chi connectivity index (χ4v) is 2.08. The van der Waals surface area contributed by atoms with E-state index in [0.717, 1.165) is 15.9 Å². The summed E-state index contributed by atoms with van der Waals surface area (Å²) in [7, 11) is 0. The van der Waals surface area contributed by atoms with E-state index in [-0.39, 0.29) is 5.75 Å². The van der Waals surface area contributed by atoms with Crippen LogP contribution in [0.15, 0.2) is 41.0 Å². The summed E-state index contributed by atoms with van der Waals surface area (Å²) in [5.74, 6) is 0.163. The molecule has 0 aliphatic rings. The zero-order valence-corrected chi connectivity index (χ0v) is 12.3. The van der Waals surface area contributed by atoms with E-state index in [9.17, 15) is 8.78 Å². The fourth-order valence-electron chi connectivity index (χ4n) is 1.67. The van der Waals surface area contributed by atoms with E-state index in [2.05, 4.69) is 31.0 Å². The highest BCUT2D eigenvalue weighted by molar-refractivity contribution is 9.10. The maximum atomic E-state index is 12.3. The van der Waals surface area contributed by atoms with Gasteiger partial charge in [0.2, 0.25) is 0 Å². The number of hydrogen-bond acceptors (Lipinski definition) is 3. The summed E-state index contributed by atoms with van der Waals surface area (Å²) in [6, 6.07) is 8.68. The van der Waals surface area contributed by atoms with Crippen LogP contribution in [0.1, 0.15) is 11.3 Å². The number of nitrogens with zero attached hydrogens (tertiary/aromatic N) is 1. The first-order valence-corrected chi connectivity index (χ1v) is 6.73. The van der Waals surface area contributed by atoms with Crippen molar-refractivity contribution in [2.24, 2.45) is 0 Å². The second-order valence-corrected chi connectivity index (χ2v) is 5.09. The molecule has 0 bridgehead atoms. The number of nitrogens with one attached hydrogen (secondary N) is 1. The van der Waals surface area contributed by atoms with Crippen LogP contribution >= 0.6 is 15.9 Å². The molecule has 1 heterocycles. The molecule has 2 rings (SSSR count). The Morgan fingerprint density at radius 1 is 1.30 bits per heavy atom. The van der Waals surface area contributed by atoms with Gasteiger partial charge < -0.3 is 10.1 Å². The molecule has 0 amide bonds. The number of benzene rings is 1. The minimum absolute atomic E-state index is 0.163. The number of aryl methyl sites for hydroxylation is 1. The lowest BCUT2D eigenvalue weighted by molar-refractivity contribution is -0.0504. The van der Waals surface area contributed by atoms with Crippen molar-refractivity contribution < 1.29 is 13.5 Å². The van der Waals surface area contributed by atoms with E-state index in [1.165, 1.54) is 6.07 Å². The average molecular weight is 343 g/mol. The standard InChI is InChI=1S/C14H13BrF2N2O/c1-9-2-4-12(8-18-9)19-7-10-6-11(15)3-5-13(10)20-14(16)17/h2-6,8,14,19H,7H2,1H3. The van der Waals surface area contributed by atoms with Crippen LogP contribution < -0.4 is 10.1 Å². The van der Waals surface area contributed by atoms with Gasteiger partial charge >= 0.3 is 6.61 Å². The Bertz CT molecular complexity index is 576. The number of ether oxygens (including phenoxy) is 1. The van der Waals surface area contributed by atoms with Gasteiger partial charge in [0.25, 0.3) is 0 Å². The molecule has 1 aromatic carbocycles. The number of hydrogen-bond donors (Lipinski definition) is 1. The van der Waals surface area contributed by atoms with Crippen molar-refractivity contribution in [1.82, 2.24) is 4.98 Å². The summed E-state index contributed by atoms with van der Waals surface area (Å²) in [5.41, 5.74) is 2.37. The van der Waals surface area contributed by atoms with Crippen molar-refractivity contribution in [2.75, 3.05) is 5.32 Å². The summed E-state index contributed by atoms with van der Waals surface area (Å²) >= 11 is 3.32. The molecule has 1 aromatic heterocycles. The second-order valence-electron chi connectivity index (χ2n) is 4.17. The van der Waals surface area contributed by atoms with Crippen LogP contribution in [0, 0.1) is 6.92 Å². The quantitative estimate of drug-likeness (QED) is 0.876. The first-order valence-electron chi connectivity index (χ1n) is 5.94. The van der Waals surface area contributed by atoms with Gasteiger partial charge in [-0.25, -0.2) is 0 Å². The third-order valence-electron chi connectivity index (χ3n) is 2.63. The van der Waals surface area contributed by atoms with Gasteiger partial charge in [0, 0.05) is 22.3 Å². The fraction of sp³-hybridized carbons (Fsp3) is 0.214. The SMILES string of the molecule is Cc1ccc(NCc2cc(Br)ccc2OC(F)F)cn1. The smallest absolute Gasteiger partial charge is 0.387 e. The molecule has 6 heteroatoms. The van der Waals surface area contributed by atoms with Gasteiger partial charge in [-0.2, -0.15) is 8.78 Å². The Balaban J connectivity index is 2.11. The van der Waals surface area contributed by atoms with E-state index in [1.54, 1.807) is 18.3 Å². The van der Waals surface area contributed by atoms with Crippen LogP contribution in [0.3, 0.4) is 0 Å². The summed E-state index contributed by atoms with van der Waals surface area (Å²) in [4.78, 5) is 4.16. The maximum Gasteiger partial charge on any atom is 0.387 e. The number of pyridine rings is 1. The lowest BCUT2D eigenvalue weighted by Gasteiger charge is -2.12. The normalized spacial score (nSPS) is 10.7. The van der Waals surface area contributed by atoms with Crippen molar-refractivity contribution in [2.45, 2.75) is 20.1 Å². The first kappa shape index (κ1) is 14.7. The van der Waals surface area contributed by atoms with Crippen LogP contribution in [0.2, 0.25) is 0 Å². The highest BCUT2D eigenvalue weighted by Crippen LogP contribution is 2.25. The molecule has 0 aliphatic heterocycles. The third-order valence-corrected chi connectivity index (χ3v) is 3.13. The number of rotatable bonds is 5. The van der Waals surface area contributed by atoms with E-state index in [4.69, 9.17) is 0 Å². The van der Waals surface area contributed by atoms with E-state index in [1.807, 2.05) is 19.1 Å². The van der Waals surface area contributed by atoms with Crippen molar-refractivity contribution in [3.63, 3.8) is 0 Å². The van der Waals surface area contributed by atoms with Gasteiger partial charge in [-0.15, -0.1) is 0 Å². The molecule has 0 atom stereocenters. The molecule has 1 N–H and O–H groups in total. The largest absolute Gasteiger partial charge is 0.434 e. The molecule has 0 radical (unpaired) electrons. The average Bonchev–Trinajstić information content (AvgIpc) is 2.40. The molecule has 3 nitrogen and oxygen atoms in total. The molecule has 0 saturated carbocycles. The lowest BCUT2D eigenvalue weighted by Crippen LogP contribution is -2.07. The van der Waals surface area contributed by atoms with Crippen LogP contribution in [-0.4, -0.2) is 11.6 Å². The molecule has 106 valence electrons. The van der Waals surface area contributed by atoms with Gasteiger partial charge in [-0.3, -0.25) is 4.98 Å². The predicted octanol–water partition coefficient (Wildman–Crippen LogP) is 4.37. The summed E-state index contributed by atoms with van der Waals surface area (Å²) in [6.45, 7) is -0.574. The van der Waals surface area contributed by atoms with E-state index < -0.39 is 6.61 Å². The topological polar surface area (TPSA) is 34.1 Å². The van der Waals surface area contributed by atoms with Crippen molar-refractivity contribution >= 4 is 21.6 Å². The van der Waals surface area contributed by atoms with Crippen LogP contribution in [0.5, 0.6) is 5.75 Å². The molecular formula is C14H13BrF2N2O. The molecular weight excluding hydrogens is 330 g/mol. The van der Waals surface area contributed by atoms with Gasteiger partial charge in [0.05, 0.1) is 11.9 Å². The highest BCUT2D eigenvalue weighted by Gasteiger charge is 2.10. The molecule has 0 aliphatic carbocycles. The first-order chi connectivity index (χ1) is 9.54.